The number of benzene rings is 2. The van der Waals surface area contributed by atoms with E-state index in [1.54, 1.807) is 36.3 Å². The molecule has 1 atom stereocenters. The number of aromatic amines is 1. The van der Waals surface area contributed by atoms with E-state index in [-0.39, 0.29) is 11.3 Å². The maximum atomic E-state index is 13.2. The smallest absolute Gasteiger partial charge is 0.295 e. The molecule has 0 spiro atoms. The van der Waals surface area contributed by atoms with Crippen molar-refractivity contribution in [3.05, 3.63) is 87.8 Å². The van der Waals surface area contributed by atoms with Gasteiger partial charge < -0.3 is 24.5 Å². The number of hydrogen-bond acceptors (Lipinski definition) is 6. The molecule has 0 aliphatic carbocycles. The van der Waals surface area contributed by atoms with Crippen molar-refractivity contribution in [2.24, 2.45) is 0 Å². The van der Waals surface area contributed by atoms with Gasteiger partial charge in [-0.3, -0.25) is 9.59 Å². The van der Waals surface area contributed by atoms with Crippen molar-refractivity contribution >= 4 is 39.7 Å². The molecule has 5 rings (SSSR count). The number of aromatic nitrogens is 1. The molecule has 4 aromatic rings. The van der Waals surface area contributed by atoms with Gasteiger partial charge in [0.25, 0.3) is 11.7 Å². The summed E-state index contributed by atoms with van der Waals surface area (Å²) in [5, 5.41) is 14.1. The predicted molar refractivity (Wildman–Crippen MR) is 135 cm³/mol. The van der Waals surface area contributed by atoms with E-state index in [1.807, 2.05) is 41.9 Å². The zero-order chi connectivity index (χ0) is 24.5. The lowest BCUT2D eigenvalue weighted by molar-refractivity contribution is -0.139. The van der Waals surface area contributed by atoms with Crippen molar-refractivity contribution in [3.63, 3.8) is 0 Å². The van der Waals surface area contributed by atoms with Gasteiger partial charge in [-0.1, -0.05) is 18.2 Å². The monoisotopic (exact) mass is 488 g/mol. The van der Waals surface area contributed by atoms with Gasteiger partial charge in [-0.25, -0.2) is 0 Å². The van der Waals surface area contributed by atoms with Gasteiger partial charge in [0.2, 0.25) is 0 Å². The van der Waals surface area contributed by atoms with Gasteiger partial charge >= 0.3 is 0 Å². The molecule has 0 radical (unpaired) electrons. The first-order valence-corrected chi connectivity index (χ1v) is 12.0. The molecule has 8 heteroatoms. The normalized spacial score (nSPS) is 17.3. The molecular weight excluding hydrogens is 464 g/mol. The zero-order valence-electron chi connectivity index (χ0n) is 19.3. The number of amides is 1. The van der Waals surface area contributed by atoms with Crippen LogP contribution in [0.5, 0.6) is 11.5 Å². The third-order valence-corrected chi connectivity index (χ3v) is 7.22. The van der Waals surface area contributed by atoms with Crippen LogP contribution in [0.3, 0.4) is 0 Å². The molecule has 0 bridgehead atoms. The maximum Gasteiger partial charge on any atom is 0.295 e. The number of nitrogens with one attached hydrogen (secondary N) is 1. The Hall–Kier alpha value is -4.04. The molecule has 1 saturated heterocycles. The molecule has 3 heterocycles. The second-order valence-corrected chi connectivity index (χ2v) is 9.19. The standard InChI is InChI=1S/C27H24N2O5S/c1-33-18-6-3-5-16(13-18)25(30)23-24(22-7-4-12-35-22)29(27(32)26(23)31)11-10-17-15-28-21-9-8-19(34-2)14-20(17)21/h3-9,12-15,24,28,30H,10-11H2,1-2H3/b25-23-. The number of fused-ring (bicyclic) bond motifs is 1. The molecule has 1 amide bonds. The van der Waals surface area contributed by atoms with Crippen LogP contribution in [0, 0.1) is 0 Å². The second kappa shape index (κ2) is 9.31. The third kappa shape index (κ3) is 4.06. The number of ether oxygens (including phenoxy) is 2. The number of H-pyrrole nitrogens is 1. The van der Waals surface area contributed by atoms with Gasteiger partial charge in [-0.2, -0.15) is 0 Å². The van der Waals surface area contributed by atoms with Gasteiger partial charge in [-0.15, -0.1) is 11.3 Å². The highest BCUT2D eigenvalue weighted by atomic mass is 32.1. The molecule has 178 valence electrons. The summed E-state index contributed by atoms with van der Waals surface area (Å²) >= 11 is 1.44. The van der Waals surface area contributed by atoms with E-state index in [4.69, 9.17) is 9.47 Å². The van der Waals surface area contributed by atoms with Crippen LogP contribution >= 0.6 is 11.3 Å². The van der Waals surface area contributed by atoms with Crippen LogP contribution in [0.1, 0.15) is 22.0 Å². The van der Waals surface area contributed by atoms with Crippen LogP contribution in [0.15, 0.2) is 71.7 Å². The van der Waals surface area contributed by atoms with Crippen LogP contribution < -0.4 is 9.47 Å². The largest absolute Gasteiger partial charge is 0.507 e. The SMILES string of the molecule is COc1cccc(/C(O)=C2/C(=O)C(=O)N(CCc3c[nH]c4ccc(OC)cc34)C2c2cccs2)c1. The molecule has 1 fully saturated rings. The number of nitrogens with zero attached hydrogens (tertiary/aromatic N) is 1. The number of methoxy groups -OCH3 is 2. The first-order chi connectivity index (χ1) is 17.0. The Balaban J connectivity index is 1.52. The molecular formula is C27H24N2O5S. The highest BCUT2D eigenvalue weighted by Gasteiger charge is 2.46. The number of carbonyl (C=O) groups is 2. The zero-order valence-corrected chi connectivity index (χ0v) is 20.1. The lowest BCUT2D eigenvalue weighted by atomic mass is 9.99. The van der Waals surface area contributed by atoms with Crippen LogP contribution in [0.25, 0.3) is 16.7 Å². The average Bonchev–Trinajstić information content (AvgIpc) is 3.61. The number of aliphatic hydroxyl groups excluding tert-OH is 1. The number of Topliss-reactive ketones (excluding diaryl/α,β-unsaturated/α-hetero) is 1. The quantitative estimate of drug-likeness (QED) is 0.219. The first-order valence-electron chi connectivity index (χ1n) is 11.1. The number of ketones is 1. The van der Waals surface area contributed by atoms with E-state index < -0.39 is 17.7 Å². The van der Waals surface area contributed by atoms with Crippen LogP contribution in [-0.2, 0) is 16.0 Å². The minimum absolute atomic E-state index is 0.0892. The summed E-state index contributed by atoms with van der Waals surface area (Å²) in [5.74, 6) is -0.226. The van der Waals surface area contributed by atoms with Crippen LogP contribution in [-0.4, -0.2) is 47.4 Å². The number of rotatable bonds is 7. The van der Waals surface area contributed by atoms with E-state index in [9.17, 15) is 14.7 Å². The molecule has 1 unspecified atom stereocenters. The molecule has 1 aliphatic heterocycles. The number of hydrogen-bond donors (Lipinski definition) is 2. The molecule has 1 aliphatic rings. The highest BCUT2D eigenvalue weighted by Crippen LogP contribution is 2.41. The summed E-state index contributed by atoms with van der Waals surface area (Å²) in [4.78, 5) is 32.0. The number of aliphatic hydroxyl groups is 1. The Morgan fingerprint density at radius 1 is 1.06 bits per heavy atom. The predicted octanol–water partition coefficient (Wildman–Crippen LogP) is 4.91. The maximum absolute atomic E-state index is 13.2. The van der Waals surface area contributed by atoms with E-state index >= 15 is 0 Å². The Bertz CT molecular complexity index is 1440. The van der Waals surface area contributed by atoms with Crippen molar-refractivity contribution in [3.8, 4) is 11.5 Å². The van der Waals surface area contributed by atoms with Crippen molar-refractivity contribution in [1.29, 1.82) is 0 Å². The van der Waals surface area contributed by atoms with E-state index in [2.05, 4.69) is 4.98 Å². The summed E-state index contributed by atoms with van der Waals surface area (Å²) in [7, 11) is 3.15. The summed E-state index contributed by atoms with van der Waals surface area (Å²) in [6, 6.07) is 15.7. The molecule has 7 nitrogen and oxygen atoms in total. The average molecular weight is 489 g/mol. The fraction of sp³-hybridized carbons (Fsp3) is 0.185. The lowest BCUT2D eigenvalue weighted by Crippen LogP contribution is -2.31. The van der Waals surface area contributed by atoms with Crippen LogP contribution in [0.2, 0.25) is 0 Å². The Morgan fingerprint density at radius 3 is 2.60 bits per heavy atom. The minimum Gasteiger partial charge on any atom is -0.507 e. The van der Waals surface area contributed by atoms with Gasteiger partial charge in [0.05, 0.1) is 25.8 Å². The molecule has 0 saturated carbocycles. The molecule has 2 aromatic heterocycles. The van der Waals surface area contributed by atoms with E-state index in [0.717, 1.165) is 27.1 Å². The van der Waals surface area contributed by atoms with Gasteiger partial charge in [0, 0.05) is 34.1 Å². The summed E-state index contributed by atoms with van der Waals surface area (Å²) < 4.78 is 10.6. The first kappa shape index (κ1) is 22.7. The molecule has 35 heavy (non-hydrogen) atoms. The van der Waals surface area contributed by atoms with Crippen molar-refractivity contribution in [1.82, 2.24) is 9.88 Å². The summed E-state index contributed by atoms with van der Waals surface area (Å²) in [6.07, 6.45) is 2.44. The number of carbonyl (C=O) groups excluding carboxylic acids is 2. The van der Waals surface area contributed by atoms with Crippen LogP contribution in [0.4, 0.5) is 0 Å². The molecule has 2 N–H and O–H groups in total. The fourth-order valence-electron chi connectivity index (χ4n) is 4.51. The summed E-state index contributed by atoms with van der Waals surface area (Å²) in [6.45, 7) is 0.312. The van der Waals surface area contributed by atoms with Crippen molar-refractivity contribution < 1.29 is 24.2 Å². The minimum atomic E-state index is -0.690. The third-order valence-electron chi connectivity index (χ3n) is 6.29. The van der Waals surface area contributed by atoms with E-state index in [1.165, 1.54) is 18.4 Å². The summed E-state index contributed by atoms with van der Waals surface area (Å²) in [5.41, 5.74) is 2.49. The van der Waals surface area contributed by atoms with Gasteiger partial charge in [0.1, 0.15) is 17.3 Å². The van der Waals surface area contributed by atoms with Crippen molar-refractivity contribution in [2.75, 3.05) is 20.8 Å². The molecule has 2 aromatic carbocycles. The Morgan fingerprint density at radius 2 is 1.86 bits per heavy atom. The van der Waals surface area contributed by atoms with Gasteiger partial charge in [-0.05, 0) is 53.8 Å². The second-order valence-electron chi connectivity index (χ2n) is 8.22. The topological polar surface area (TPSA) is 91.9 Å². The van der Waals surface area contributed by atoms with Crippen molar-refractivity contribution in [2.45, 2.75) is 12.5 Å². The number of likely N-dealkylation sites (tertiary alicyclic amines) is 1. The van der Waals surface area contributed by atoms with E-state index in [0.29, 0.717) is 24.3 Å². The number of thiophene rings is 1. The Labute approximate surface area is 206 Å². The lowest BCUT2D eigenvalue weighted by Gasteiger charge is -2.24. The Kier molecular flexibility index (Phi) is 6.05. The fourth-order valence-corrected chi connectivity index (χ4v) is 5.36. The highest BCUT2D eigenvalue weighted by molar-refractivity contribution is 7.10. The van der Waals surface area contributed by atoms with Gasteiger partial charge in [0.15, 0.2) is 0 Å².